The van der Waals surface area contributed by atoms with Crippen molar-refractivity contribution < 1.29 is 52.2 Å². The van der Waals surface area contributed by atoms with Crippen molar-refractivity contribution in [3.63, 3.8) is 0 Å². The maximum absolute atomic E-state index is 10.9. The molecule has 0 aliphatic heterocycles. The molecule has 0 rings (SSSR count). The Morgan fingerprint density at radius 1 is 0.333 bits per heavy atom. The zero-order valence-corrected chi connectivity index (χ0v) is 28.9. The lowest BCUT2D eigenvalue weighted by Gasteiger charge is -2.09. The van der Waals surface area contributed by atoms with Gasteiger partial charge in [0.15, 0.2) is 0 Å². The Labute approximate surface area is 274 Å². The van der Waals surface area contributed by atoms with Crippen molar-refractivity contribution in [1.82, 2.24) is 0 Å². The van der Waals surface area contributed by atoms with Crippen LogP contribution in [0.1, 0.15) is 90.4 Å². The second kappa shape index (κ2) is 41.1. The van der Waals surface area contributed by atoms with Crippen molar-refractivity contribution >= 4 is 5.97 Å². The predicted octanol–water partition coefficient (Wildman–Crippen LogP) is 5.40. The minimum absolute atomic E-state index is 0.0632. The zero-order chi connectivity index (χ0) is 32.6. The summed E-state index contributed by atoms with van der Waals surface area (Å²) < 4.78 is 53.4. The van der Waals surface area contributed by atoms with E-state index in [4.69, 9.17) is 42.6 Å². The first-order valence-electron chi connectivity index (χ1n) is 17.6. The summed E-state index contributed by atoms with van der Waals surface area (Å²) in [5.41, 5.74) is 0. The van der Waals surface area contributed by atoms with Crippen LogP contribution in [0.15, 0.2) is 0 Å². The fourth-order valence-corrected chi connectivity index (χ4v) is 4.20. The van der Waals surface area contributed by atoms with Crippen molar-refractivity contribution in [3.8, 4) is 0 Å². The first-order valence-corrected chi connectivity index (χ1v) is 17.6. The Morgan fingerprint density at radius 3 is 0.867 bits per heavy atom. The maximum atomic E-state index is 10.9. The van der Waals surface area contributed by atoms with Gasteiger partial charge in [-0.15, -0.1) is 0 Å². The molecule has 270 valence electrons. The van der Waals surface area contributed by atoms with Gasteiger partial charge in [0.05, 0.1) is 113 Å². The molecular weight excluding hydrogens is 584 g/mol. The van der Waals surface area contributed by atoms with Crippen LogP contribution >= 0.6 is 0 Å². The standard InChI is InChI=1S/C34H68O11/c1-3-4-5-6-7-8-9-10-11-12-13-14-15-16-37-17-18-38-19-20-39-21-22-40-23-24-41-25-26-42-27-28-43-29-30-44-31-32-45-33-34(35)36-2/h3-33H2,1-2H3. The molecule has 0 aliphatic carbocycles. The summed E-state index contributed by atoms with van der Waals surface area (Å²) in [6.45, 7) is 11.2. The molecule has 0 radical (unpaired) electrons. The quantitative estimate of drug-likeness (QED) is 0.0627. The number of carbonyl (C=O) groups is 1. The fourth-order valence-electron chi connectivity index (χ4n) is 4.20. The van der Waals surface area contributed by atoms with Crippen molar-refractivity contribution in [1.29, 1.82) is 0 Å². The first-order chi connectivity index (χ1) is 22.3. The average Bonchev–Trinajstić information content (AvgIpc) is 3.05. The zero-order valence-electron chi connectivity index (χ0n) is 28.9. The lowest BCUT2D eigenvalue weighted by Crippen LogP contribution is -2.16. The van der Waals surface area contributed by atoms with Crippen molar-refractivity contribution in [2.24, 2.45) is 0 Å². The Bertz CT molecular complexity index is 554. The summed E-state index contributed by atoms with van der Waals surface area (Å²) in [4.78, 5) is 10.9. The molecule has 0 aromatic carbocycles. The van der Waals surface area contributed by atoms with Gasteiger partial charge in [-0.25, -0.2) is 4.79 Å². The van der Waals surface area contributed by atoms with Gasteiger partial charge in [-0.3, -0.25) is 0 Å². The van der Waals surface area contributed by atoms with E-state index < -0.39 is 5.97 Å². The smallest absolute Gasteiger partial charge is 0.331 e. The largest absolute Gasteiger partial charge is 0.467 e. The first kappa shape index (κ1) is 44.1. The third-order valence-electron chi connectivity index (χ3n) is 6.82. The van der Waals surface area contributed by atoms with E-state index >= 15 is 0 Å². The molecule has 0 unspecified atom stereocenters. The van der Waals surface area contributed by atoms with Crippen molar-refractivity contribution in [3.05, 3.63) is 0 Å². The number of hydrogen-bond donors (Lipinski definition) is 0. The number of methoxy groups -OCH3 is 1. The Hall–Kier alpha value is -0.890. The van der Waals surface area contributed by atoms with E-state index in [0.29, 0.717) is 106 Å². The van der Waals surface area contributed by atoms with Crippen LogP contribution in [-0.4, -0.2) is 132 Å². The number of esters is 1. The molecule has 0 aromatic rings. The molecule has 11 nitrogen and oxygen atoms in total. The van der Waals surface area contributed by atoms with E-state index in [1.165, 1.54) is 84.2 Å². The Balaban J connectivity index is 3.05. The number of rotatable bonds is 40. The van der Waals surface area contributed by atoms with Crippen LogP contribution in [0.25, 0.3) is 0 Å². The SMILES string of the molecule is CCCCCCCCCCCCCCCOCCOCCOCCOCCOCCOCCOCCOCCOCC(=O)OC. The second-order valence-electron chi connectivity index (χ2n) is 10.8. The molecule has 0 saturated heterocycles. The molecule has 0 amide bonds. The summed E-state index contributed by atoms with van der Waals surface area (Å²) in [5.74, 6) is -0.401. The molecule has 0 aromatic heterocycles. The van der Waals surface area contributed by atoms with Gasteiger partial charge in [-0.2, -0.15) is 0 Å². The predicted molar refractivity (Wildman–Crippen MR) is 175 cm³/mol. The van der Waals surface area contributed by atoms with Gasteiger partial charge in [-0.1, -0.05) is 84.0 Å². The van der Waals surface area contributed by atoms with E-state index in [1.54, 1.807) is 0 Å². The molecule has 0 fully saturated rings. The highest BCUT2D eigenvalue weighted by Crippen LogP contribution is 2.12. The van der Waals surface area contributed by atoms with E-state index in [-0.39, 0.29) is 6.61 Å². The van der Waals surface area contributed by atoms with Gasteiger partial charge < -0.3 is 47.4 Å². The van der Waals surface area contributed by atoms with Crippen LogP contribution in [0, 0.1) is 0 Å². The van der Waals surface area contributed by atoms with E-state index in [9.17, 15) is 4.79 Å². The molecule has 0 bridgehead atoms. The molecular formula is C34H68O11. The van der Waals surface area contributed by atoms with Gasteiger partial charge >= 0.3 is 5.97 Å². The lowest BCUT2D eigenvalue weighted by molar-refractivity contribution is -0.146. The summed E-state index contributed by atoms with van der Waals surface area (Å²) in [7, 11) is 1.32. The fraction of sp³-hybridized carbons (Fsp3) is 0.971. The Kier molecular flexibility index (Phi) is 40.3. The average molecular weight is 653 g/mol. The number of unbranched alkanes of at least 4 members (excludes halogenated alkanes) is 12. The molecule has 0 N–H and O–H groups in total. The lowest BCUT2D eigenvalue weighted by atomic mass is 10.0. The van der Waals surface area contributed by atoms with Gasteiger partial charge in [0, 0.05) is 6.61 Å². The highest BCUT2D eigenvalue weighted by Gasteiger charge is 1.99. The summed E-state index contributed by atoms with van der Waals surface area (Å²) >= 11 is 0. The van der Waals surface area contributed by atoms with Crippen molar-refractivity contribution in [2.45, 2.75) is 90.4 Å². The normalized spacial score (nSPS) is 11.4. The molecule has 0 spiro atoms. The second-order valence-corrected chi connectivity index (χ2v) is 10.8. The van der Waals surface area contributed by atoms with Crippen LogP contribution in [0.4, 0.5) is 0 Å². The molecule has 0 aliphatic rings. The van der Waals surface area contributed by atoms with E-state index in [2.05, 4.69) is 11.7 Å². The van der Waals surface area contributed by atoms with Crippen LogP contribution in [-0.2, 0) is 52.2 Å². The number of ether oxygens (including phenoxy) is 10. The molecule has 11 heteroatoms. The summed E-state index contributed by atoms with van der Waals surface area (Å²) in [6, 6.07) is 0. The number of hydrogen-bond acceptors (Lipinski definition) is 11. The van der Waals surface area contributed by atoms with Crippen LogP contribution in [0.2, 0.25) is 0 Å². The molecule has 0 saturated carbocycles. The Morgan fingerprint density at radius 2 is 0.578 bits per heavy atom. The van der Waals surface area contributed by atoms with Gasteiger partial charge in [0.1, 0.15) is 6.61 Å². The molecule has 0 atom stereocenters. The van der Waals surface area contributed by atoms with Crippen LogP contribution < -0.4 is 0 Å². The molecule has 45 heavy (non-hydrogen) atoms. The third-order valence-corrected chi connectivity index (χ3v) is 6.82. The maximum Gasteiger partial charge on any atom is 0.331 e. The molecule has 0 heterocycles. The summed E-state index contributed by atoms with van der Waals surface area (Å²) in [6.07, 6.45) is 17.8. The highest BCUT2D eigenvalue weighted by atomic mass is 16.6. The van der Waals surface area contributed by atoms with Gasteiger partial charge in [0.25, 0.3) is 0 Å². The minimum Gasteiger partial charge on any atom is -0.467 e. The number of carbonyl (C=O) groups excluding carboxylic acids is 1. The van der Waals surface area contributed by atoms with Gasteiger partial charge in [0.2, 0.25) is 0 Å². The monoisotopic (exact) mass is 652 g/mol. The van der Waals surface area contributed by atoms with E-state index in [1.807, 2.05) is 0 Å². The van der Waals surface area contributed by atoms with Crippen LogP contribution in [0.3, 0.4) is 0 Å². The minimum atomic E-state index is -0.401. The van der Waals surface area contributed by atoms with E-state index in [0.717, 1.165) is 13.0 Å². The summed E-state index contributed by atoms with van der Waals surface area (Å²) in [5, 5.41) is 0. The van der Waals surface area contributed by atoms with Crippen LogP contribution in [0.5, 0.6) is 0 Å². The van der Waals surface area contributed by atoms with Crippen molar-refractivity contribution in [2.75, 3.05) is 126 Å². The third kappa shape index (κ3) is 41.1. The topological polar surface area (TPSA) is 109 Å². The van der Waals surface area contributed by atoms with Gasteiger partial charge in [-0.05, 0) is 6.42 Å². The highest BCUT2D eigenvalue weighted by molar-refractivity contribution is 5.70.